The van der Waals surface area contributed by atoms with Crippen LogP contribution in [-0.2, 0) is 14.2 Å². The van der Waals surface area contributed by atoms with Gasteiger partial charge in [0.2, 0.25) is 5.79 Å². The standard InChI is InChI=1S/C13H21Cl3O8/c1-22-3-6-7(16)9(18)11(20)13(21,24-6)12(4-15)10(19)8(17)5(2-14)23-12/h5-11,17-21H,2-4H2,1H3/t5-,6-,7+,8-,9+,10+,11-,12?,13-/m1/s1/i2D/t2?,5-,6-,7+,8-,9+,10+,11-,12?,13-. The first-order chi connectivity index (χ1) is 11.6. The van der Waals surface area contributed by atoms with Crippen LogP contribution in [-0.4, -0.2) is 104 Å². The molecule has 0 spiro atoms. The molecule has 2 unspecified atom stereocenters. The summed E-state index contributed by atoms with van der Waals surface area (Å²) in [6.45, 7) is -0.155. The van der Waals surface area contributed by atoms with Crippen molar-refractivity contribution in [3.63, 3.8) is 0 Å². The van der Waals surface area contributed by atoms with E-state index in [9.17, 15) is 25.5 Å². The Morgan fingerprint density at radius 1 is 1.08 bits per heavy atom. The van der Waals surface area contributed by atoms with E-state index in [1.807, 2.05) is 0 Å². The molecule has 0 radical (unpaired) electrons. The van der Waals surface area contributed by atoms with Gasteiger partial charge in [-0.15, -0.1) is 34.8 Å². The minimum absolute atomic E-state index is 0.155. The Morgan fingerprint density at radius 2 is 1.71 bits per heavy atom. The fourth-order valence-corrected chi connectivity index (χ4v) is 3.95. The Balaban J connectivity index is 2.46. The number of aliphatic hydroxyl groups is 5. The van der Waals surface area contributed by atoms with Crippen LogP contribution in [0, 0.1) is 0 Å². The van der Waals surface area contributed by atoms with Crippen molar-refractivity contribution >= 4 is 34.8 Å². The number of ether oxygens (including phenoxy) is 3. The fraction of sp³-hybridized carbons (Fsp3) is 1.00. The molecule has 5 N–H and O–H groups in total. The number of aliphatic hydroxyl groups excluding tert-OH is 4. The summed E-state index contributed by atoms with van der Waals surface area (Å²) < 4.78 is 23.3. The predicted octanol–water partition coefficient (Wildman–Crippen LogP) is -1.61. The lowest BCUT2D eigenvalue weighted by Gasteiger charge is -2.53. The SMILES string of the molecule is [2H]C(Cl)[C@H]1OC(CCl)([C@]2(O)O[C@H](COC)[C@H](Cl)[C@H](O)[C@H]2O)[C@@H](O)[C@@H]1O. The summed E-state index contributed by atoms with van der Waals surface area (Å²) in [6.07, 6.45) is -9.81. The molecule has 0 bridgehead atoms. The molecule has 142 valence electrons. The summed E-state index contributed by atoms with van der Waals surface area (Å²) in [5, 5.41) is 51.0. The third-order valence-corrected chi connectivity index (χ3v) is 5.67. The van der Waals surface area contributed by atoms with Crippen molar-refractivity contribution in [2.45, 2.75) is 53.4 Å². The lowest BCUT2D eigenvalue weighted by Crippen LogP contribution is -2.76. The van der Waals surface area contributed by atoms with Crippen molar-refractivity contribution in [3.8, 4) is 0 Å². The quantitative estimate of drug-likeness (QED) is 0.341. The summed E-state index contributed by atoms with van der Waals surface area (Å²) in [5.74, 6) is -4.92. The molecule has 0 aliphatic carbocycles. The second-order valence-corrected chi connectivity index (χ2v) is 6.88. The van der Waals surface area contributed by atoms with Gasteiger partial charge in [0.15, 0.2) is 5.60 Å². The van der Waals surface area contributed by atoms with E-state index in [2.05, 4.69) is 0 Å². The first-order valence-electron chi connectivity index (χ1n) is 7.70. The van der Waals surface area contributed by atoms with Gasteiger partial charge in [-0.25, -0.2) is 0 Å². The lowest BCUT2D eigenvalue weighted by molar-refractivity contribution is -0.390. The second kappa shape index (κ2) is 7.66. The van der Waals surface area contributed by atoms with Crippen LogP contribution >= 0.6 is 34.8 Å². The molecular formula is C13H21Cl3O8. The van der Waals surface area contributed by atoms with Gasteiger partial charge in [-0.1, -0.05) is 0 Å². The van der Waals surface area contributed by atoms with Crippen molar-refractivity contribution in [1.82, 2.24) is 0 Å². The number of halogens is 3. The zero-order valence-electron chi connectivity index (χ0n) is 13.6. The fourth-order valence-electron chi connectivity index (χ4n) is 3.07. The van der Waals surface area contributed by atoms with E-state index in [1.54, 1.807) is 0 Å². The molecular weight excluding hydrogens is 390 g/mol. The summed E-state index contributed by atoms with van der Waals surface area (Å²) >= 11 is 17.5. The minimum Gasteiger partial charge on any atom is -0.389 e. The highest BCUT2D eigenvalue weighted by Gasteiger charge is 2.71. The summed E-state index contributed by atoms with van der Waals surface area (Å²) in [7, 11) is 1.33. The molecule has 0 amide bonds. The van der Waals surface area contributed by atoms with Gasteiger partial charge in [-0.3, -0.25) is 0 Å². The van der Waals surface area contributed by atoms with E-state index in [0.29, 0.717) is 0 Å². The first kappa shape index (κ1) is 19.3. The zero-order chi connectivity index (χ0) is 19.2. The highest BCUT2D eigenvalue weighted by Crippen LogP contribution is 2.47. The zero-order valence-corrected chi connectivity index (χ0v) is 14.9. The van der Waals surface area contributed by atoms with Crippen LogP contribution in [0.2, 0.25) is 0 Å². The van der Waals surface area contributed by atoms with Crippen molar-refractivity contribution < 1.29 is 41.1 Å². The van der Waals surface area contributed by atoms with Gasteiger partial charge in [0, 0.05) is 8.48 Å². The Bertz CT molecular complexity index is 477. The van der Waals surface area contributed by atoms with Crippen LogP contribution in [0.25, 0.3) is 0 Å². The Morgan fingerprint density at radius 3 is 2.17 bits per heavy atom. The summed E-state index contributed by atoms with van der Waals surface area (Å²) in [6, 6.07) is 0. The third-order valence-electron chi connectivity index (χ3n) is 4.48. The molecule has 2 saturated heterocycles. The Labute approximate surface area is 155 Å². The van der Waals surface area contributed by atoms with Crippen molar-refractivity contribution in [2.75, 3.05) is 25.5 Å². The molecule has 24 heavy (non-hydrogen) atoms. The number of methoxy groups -OCH3 is 1. The van der Waals surface area contributed by atoms with Crippen LogP contribution in [0.3, 0.4) is 0 Å². The molecule has 8 nitrogen and oxygen atoms in total. The van der Waals surface area contributed by atoms with Gasteiger partial charge in [-0.05, 0) is 0 Å². The maximum Gasteiger partial charge on any atom is 0.229 e. The third kappa shape index (κ3) is 2.95. The average molecular weight is 413 g/mol. The Hall–Kier alpha value is 0.550. The van der Waals surface area contributed by atoms with Crippen LogP contribution < -0.4 is 0 Å². The topological polar surface area (TPSA) is 129 Å². The van der Waals surface area contributed by atoms with Crippen molar-refractivity contribution in [3.05, 3.63) is 0 Å². The molecule has 0 aromatic carbocycles. The van der Waals surface area contributed by atoms with Gasteiger partial charge in [0.1, 0.15) is 36.6 Å². The van der Waals surface area contributed by atoms with Crippen molar-refractivity contribution in [2.24, 2.45) is 0 Å². The van der Waals surface area contributed by atoms with E-state index >= 15 is 0 Å². The van der Waals surface area contributed by atoms with Gasteiger partial charge in [0.25, 0.3) is 0 Å². The average Bonchev–Trinajstić information content (AvgIpc) is 2.84. The summed E-state index contributed by atoms with van der Waals surface area (Å²) in [4.78, 5) is 0. The molecule has 2 aliphatic heterocycles. The molecule has 2 heterocycles. The highest BCUT2D eigenvalue weighted by atomic mass is 35.5. The number of hydrogen-bond acceptors (Lipinski definition) is 8. The number of alkyl halides is 3. The molecule has 10 atom stereocenters. The smallest absolute Gasteiger partial charge is 0.229 e. The second-order valence-electron chi connectivity index (χ2n) is 5.85. The highest BCUT2D eigenvalue weighted by molar-refractivity contribution is 6.21. The van der Waals surface area contributed by atoms with E-state index in [-0.39, 0.29) is 6.61 Å². The molecule has 0 saturated carbocycles. The lowest BCUT2D eigenvalue weighted by atomic mass is 9.79. The molecule has 0 aromatic rings. The predicted molar refractivity (Wildman–Crippen MR) is 84.4 cm³/mol. The van der Waals surface area contributed by atoms with Crippen LogP contribution in [0.5, 0.6) is 0 Å². The van der Waals surface area contributed by atoms with Gasteiger partial charge in [-0.2, -0.15) is 0 Å². The molecule has 2 fully saturated rings. The monoisotopic (exact) mass is 411 g/mol. The molecule has 2 rings (SSSR count). The van der Waals surface area contributed by atoms with Crippen molar-refractivity contribution in [1.29, 1.82) is 0 Å². The van der Waals surface area contributed by atoms with Crippen LogP contribution in [0.15, 0.2) is 0 Å². The summed E-state index contributed by atoms with van der Waals surface area (Å²) in [5.41, 5.74) is -2.28. The van der Waals surface area contributed by atoms with E-state index < -0.39 is 65.1 Å². The number of rotatable bonds is 5. The van der Waals surface area contributed by atoms with E-state index in [4.69, 9.17) is 50.4 Å². The normalized spacial score (nSPS) is 54.5. The van der Waals surface area contributed by atoms with E-state index in [0.717, 1.165) is 0 Å². The van der Waals surface area contributed by atoms with E-state index in [1.165, 1.54) is 7.11 Å². The van der Waals surface area contributed by atoms with Gasteiger partial charge >= 0.3 is 0 Å². The first-order valence-corrected chi connectivity index (χ1v) is 8.53. The molecule has 0 aromatic heterocycles. The minimum atomic E-state index is -2.76. The number of hydrogen-bond donors (Lipinski definition) is 5. The molecule has 11 heteroatoms. The van der Waals surface area contributed by atoms with Gasteiger partial charge < -0.3 is 39.7 Å². The van der Waals surface area contributed by atoms with Crippen LogP contribution in [0.1, 0.15) is 1.37 Å². The Kier molecular flexibility index (Phi) is 6.16. The maximum atomic E-state index is 11.0. The van der Waals surface area contributed by atoms with Gasteiger partial charge in [0.05, 0.1) is 23.7 Å². The largest absolute Gasteiger partial charge is 0.389 e. The maximum absolute atomic E-state index is 11.0. The van der Waals surface area contributed by atoms with Crippen LogP contribution in [0.4, 0.5) is 0 Å². The molecule has 2 aliphatic rings.